The Morgan fingerprint density at radius 1 is 1.08 bits per heavy atom. The second-order valence-electron chi connectivity index (χ2n) is 6.89. The third kappa shape index (κ3) is 15.6. The van der Waals surface area contributed by atoms with E-state index in [2.05, 4.69) is 4.99 Å². The minimum Gasteiger partial charge on any atom is -0.475 e. The predicted octanol–water partition coefficient (Wildman–Crippen LogP) is -2.13. The highest BCUT2D eigenvalue weighted by Gasteiger charge is 2.39. The van der Waals surface area contributed by atoms with E-state index in [1.165, 1.54) is 4.90 Å². The minimum atomic E-state index is -5.08. The fourth-order valence-electron chi connectivity index (χ4n) is 2.36. The van der Waals surface area contributed by atoms with Crippen LogP contribution in [0, 0.1) is 10.1 Å². The molecule has 214 valence electrons. The lowest BCUT2D eigenvalue weighted by Crippen LogP contribution is -2.50. The molecule has 0 unspecified atom stereocenters. The zero-order valence-corrected chi connectivity index (χ0v) is 18.5. The largest absolute Gasteiger partial charge is 0.490 e. The molecular formula is C15H24F6N8O8. The van der Waals surface area contributed by atoms with Crippen molar-refractivity contribution in [2.24, 2.45) is 27.9 Å². The molecule has 37 heavy (non-hydrogen) atoms. The van der Waals surface area contributed by atoms with E-state index < -0.39 is 53.2 Å². The van der Waals surface area contributed by atoms with E-state index in [-0.39, 0.29) is 31.5 Å². The molecule has 2 amide bonds. The third-order valence-electron chi connectivity index (χ3n) is 3.91. The average Bonchev–Trinajstić information content (AvgIpc) is 3.11. The number of carboxylic acid groups (broad SMARTS) is 2. The van der Waals surface area contributed by atoms with Gasteiger partial charge in [0.15, 0.2) is 5.03 Å². The number of alkyl halides is 6. The normalized spacial score (nSPS) is 18.4. The number of nitrogens with zero attached hydrogens (tertiary/aromatic N) is 3. The Morgan fingerprint density at radius 3 is 1.86 bits per heavy atom. The van der Waals surface area contributed by atoms with E-state index in [4.69, 9.17) is 42.7 Å². The number of nitrogens with two attached hydrogens (primary N) is 4. The van der Waals surface area contributed by atoms with Crippen LogP contribution in [-0.4, -0.2) is 93.4 Å². The van der Waals surface area contributed by atoms with Crippen LogP contribution in [0.15, 0.2) is 4.99 Å². The summed E-state index contributed by atoms with van der Waals surface area (Å²) in [5.74, 6) is -6.85. The summed E-state index contributed by atoms with van der Waals surface area (Å²) in [5, 5.41) is 23.5. The highest BCUT2D eigenvalue weighted by Crippen LogP contribution is 2.18. The maximum Gasteiger partial charge on any atom is 0.490 e. The zero-order valence-electron chi connectivity index (χ0n) is 18.5. The van der Waals surface area contributed by atoms with Gasteiger partial charge in [0.25, 0.3) is 5.96 Å². The van der Waals surface area contributed by atoms with Crippen molar-refractivity contribution in [2.45, 2.75) is 49.7 Å². The molecule has 1 aliphatic heterocycles. The van der Waals surface area contributed by atoms with Crippen molar-refractivity contribution in [2.75, 3.05) is 13.1 Å². The van der Waals surface area contributed by atoms with Crippen LogP contribution in [0.2, 0.25) is 0 Å². The number of carbonyl (C=O) groups excluding carboxylic acids is 2. The number of aliphatic imine (C=N–C) groups is 1. The number of likely N-dealkylation sites (tertiary alicyclic amines) is 1. The zero-order chi connectivity index (χ0) is 29.7. The molecule has 1 saturated heterocycles. The van der Waals surface area contributed by atoms with Gasteiger partial charge in [0, 0.05) is 19.1 Å². The first-order chi connectivity index (χ1) is 16.6. The second kappa shape index (κ2) is 15.2. The molecule has 1 rings (SSSR count). The molecule has 0 aromatic rings. The number of nitrogens with one attached hydrogen (secondary N) is 1. The van der Waals surface area contributed by atoms with Crippen LogP contribution in [0.3, 0.4) is 0 Å². The Morgan fingerprint density at radius 2 is 1.51 bits per heavy atom. The van der Waals surface area contributed by atoms with E-state index in [0.29, 0.717) is 12.8 Å². The van der Waals surface area contributed by atoms with Crippen LogP contribution < -0.4 is 28.4 Å². The van der Waals surface area contributed by atoms with E-state index in [0.717, 1.165) is 0 Å². The summed E-state index contributed by atoms with van der Waals surface area (Å²) in [4.78, 5) is 56.5. The molecule has 16 nitrogen and oxygen atoms in total. The number of hydrogen-bond donors (Lipinski definition) is 7. The van der Waals surface area contributed by atoms with Gasteiger partial charge in [0.1, 0.15) is 6.04 Å². The van der Waals surface area contributed by atoms with Crippen LogP contribution in [0.1, 0.15) is 19.3 Å². The number of primary amides is 1. The van der Waals surface area contributed by atoms with Gasteiger partial charge in [0.2, 0.25) is 11.8 Å². The van der Waals surface area contributed by atoms with Gasteiger partial charge in [-0.25, -0.2) is 24.7 Å². The summed E-state index contributed by atoms with van der Waals surface area (Å²) in [6.45, 7) is 0.407. The summed E-state index contributed by atoms with van der Waals surface area (Å²) in [7, 11) is 0. The lowest BCUT2D eigenvalue weighted by atomic mass is 10.1. The van der Waals surface area contributed by atoms with Gasteiger partial charge < -0.3 is 38.0 Å². The summed E-state index contributed by atoms with van der Waals surface area (Å²) in [5.41, 5.74) is 23.8. The number of rotatable bonds is 7. The smallest absolute Gasteiger partial charge is 0.475 e. The topological polar surface area (TPSA) is 284 Å². The predicted molar refractivity (Wildman–Crippen MR) is 108 cm³/mol. The molecular weight excluding hydrogens is 534 g/mol. The highest BCUT2D eigenvalue weighted by atomic mass is 19.4. The number of guanidine groups is 1. The van der Waals surface area contributed by atoms with Crippen LogP contribution >= 0.6 is 0 Å². The first-order valence-corrected chi connectivity index (χ1v) is 9.53. The van der Waals surface area contributed by atoms with Gasteiger partial charge in [-0.3, -0.25) is 9.59 Å². The van der Waals surface area contributed by atoms with E-state index >= 15 is 0 Å². The van der Waals surface area contributed by atoms with Crippen molar-refractivity contribution >= 4 is 29.7 Å². The van der Waals surface area contributed by atoms with Crippen molar-refractivity contribution in [1.29, 1.82) is 0 Å². The molecule has 3 atom stereocenters. The minimum absolute atomic E-state index is 0.173. The van der Waals surface area contributed by atoms with Crippen LogP contribution in [0.5, 0.6) is 0 Å². The number of hydrazine groups is 1. The number of amides is 2. The number of halogens is 6. The molecule has 1 aliphatic rings. The molecule has 1 fully saturated rings. The molecule has 22 heteroatoms. The van der Waals surface area contributed by atoms with Crippen LogP contribution in [-0.2, 0) is 19.2 Å². The van der Waals surface area contributed by atoms with Gasteiger partial charge in [-0.15, -0.1) is 0 Å². The number of carboxylic acids is 2. The average molecular weight is 558 g/mol. The number of nitro groups is 1. The fraction of sp³-hybridized carbons (Fsp3) is 0.667. The first kappa shape index (κ1) is 35.2. The maximum absolute atomic E-state index is 12.3. The number of aliphatic carboxylic acids is 2. The molecule has 0 saturated carbocycles. The van der Waals surface area contributed by atoms with Gasteiger partial charge in [-0.1, -0.05) is 5.43 Å². The monoisotopic (exact) mass is 558 g/mol. The molecule has 0 spiro atoms. The van der Waals surface area contributed by atoms with Gasteiger partial charge in [-0.2, -0.15) is 26.3 Å². The van der Waals surface area contributed by atoms with Crippen molar-refractivity contribution < 1.29 is 60.8 Å². The molecule has 11 N–H and O–H groups in total. The van der Waals surface area contributed by atoms with Crippen molar-refractivity contribution in [1.82, 2.24) is 10.3 Å². The van der Waals surface area contributed by atoms with Crippen molar-refractivity contribution in [3.05, 3.63) is 10.1 Å². The molecule has 0 radical (unpaired) electrons. The van der Waals surface area contributed by atoms with Crippen molar-refractivity contribution in [3.8, 4) is 0 Å². The molecule has 0 aromatic carbocycles. The SMILES string of the molecule is NC(=O)[C@@H]1C[C@@H](N)CN1C(=O)[C@H](N)CCCN=C(N)N[N+](=O)[O-].O=C(O)C(F)(F)F.O=C(O)C(F)(F)F. The van der Waals surface area contributed by atoms with E-state index in [9.17, 15) is 46.0 Å². The summed E-state index contributed by atoms with van der Waals surface area (Å²) in [6, 6.07) is -1.87. The van der Waals surface area contributed by atoms with Gasteiger partial charge >= 0.3 is 24.3 Å². The van der Waals surface area contributed by atoms with Crippen LogP contribution in [0.25, 0.3) is 0 Å². The summed E-state index contributed by atoms with van der Waals surface area (Å²) < 4.78 is 63.5. The highest BCUT2D eigenvalue weighted by molar-refractivity contribution is 5.89. The Balaban J connectivity index is 0. The Labute approximate surface area is 202 Å². The van der Waals surface area contributed by atoms with Gasteiger partial charge in [0.05, 0.1) is 6.04 Å². The Kier molecular flexibility index (Phi) is 14.5. The molecule has 0 bridgehead atoms. The fourth-order valence-corrected chi connectivity index (χ4v) is 2.36. The second-order valence-corrected chi connectivity index (χ2v) is 6.89. The summed E-state index contributed by atoms with van der Waals surface area (Å²) >= 11 is 0. The van der Waals surface area contributed by atoms with Gasteiger partial charge in [-0.05, 0) is 19.3 Å². The third-order valence-corrected chi connectivity index (χ3v) is 3.91. The first-order valence-electron chi connectivity index (χ1n) is 9.53. The Bertz CT molecular complexity index is 830. The van der Waals surface area contributed by atoms with E-state index in [1.54, 1.807) is 5.43 Å². The Hall–Kier alpha value is -3.95. The molecule has 0 aliphatic carbocycles. The molecule has 0 aromatic heterocycles. The summed E-state index contributed by atoms with van der Waals surface area (Å²) in [6.07, 6.45) is -9.17. The molecule has 1 heterocycles. The van der Waals surface area contributed by atoms with E-state index in [1.807, 2.05) is 0 Å². The quantitative estimate of drug-likeness (QED) is 0.0440. The lowest BCUT2D eigenvalue weighted by Gasteiger charge is -2.25. The van der Waals surface area contributed by atoms with Crippen LogP contribution in [0.4, 0.5) is 26.3 Å². The number of carbonyl (C=O) groups is 4. The number of hydrogen-bond acceptors (Lipinski definition) is 9. The lowest BCUT2D eigenvalue weighted by molar-refractivity contribution is -0.525. The maximum atomic E-state index is 12.3. The van der Waals surface area contributed by atoms with Crippen molar-refractivity contribution in [3.63, 3.8) is 0 Å². The standard InChI is InChI=1S/C11H22N8O4.2C2HF3O2/c12-6-4-8(9(14)20)18(5-6)10(21)7(13)2-1-3-16-11(15)17-19(22)23;2*3-2(4,5)1(6)7/h6-8H,1-5,12-13H2,(H2,14,20)(H3,15,16,17);2*(H,6,7)/t6-,7-,8+;;/m1../s1.